The lowest BCUT2D eigenvalue weighted by Crippen LogP contribution is -2.66. The van der Waals surface area contributed by atoms with Gasteiger partial charge >= 0.3 is 17.9 Å². The molecule has 1 aliphatic heterocycles. The first-order valence-corrected chi connectivity index (χ1v) is 14.4. The van der Waals surface area contributed by atoms with Crippen LogP contribution in [0, 0.1) is 10.1 Å². The zero-order chi connectivity index (χ0) is 29.3. The molecule has 2 rings (SSSR count). The molecule has 1 amide bonds. The smallest absolute Gasteiger partial charge is 0.303 e. The van der Waals surface area contributed by atoms with Gasteiger partial charge in [-0.3, -0.25) is 29.3 Å². The van der Waals surface area contributed by atoms with E-state index in [9.17, 15) is 37.7 Å². The summed E-state index contributed by atoms with van der Waals surface area (Å²) in [5.74, 6) is -2.90. The van der Waals surface area contributed by atoms with Crippen LogP contribution in [-0.4, -0.2) is 86.8 Å². The predicted molar refractivity (Wildman–Crippen MR) is 133 cm³/mol. The van der Waals surface area contributed by atoms with Gasteiger partial charge in [0.05, 0.1) is 16.4 Å². The van der Waals surface area contributed by atoms with Gasteiger partial charge in [-0.1, -0.05) is 0 Å². The van der Waals surface area contributed by atoms with Crippen LogP contribution in [0.2, 0.25) is 0 Å². The number of esters is 3. The lowest BCUT2D eigenvalue weighted by Gasteiger charge is -2.44. The molecule has 1 aromatic rings. The van der Waals surface area contributed by atoms with E-state index >= 15 is 0 Å². The van der Waals surface area contributed by atoms with E-state index in [0.717, 1.165) is 45.0 Å². The van der Waals surface area contributed by atoms with Crippen LogP contribution >= 0.6 is 10.8 Å². The highest BCUT2D eigenvalue weighted by Gasteiger charge is 2.51. The topological polar surface area (TPSA) is 204 Å². The molecule has 1 N–H and O–H groups in total. The molecule has 1 fully saturated rings. The summed E-state index contributed by atoms with van der Waals surface area (Å²) in [7, 11) is -3.40. The van der Waals surface area contributed by atoms with E-state index in [0.29, 0.717) is 10.8 Å². The molecule has 5 atom stereocenters. The van der Waals surface area contributed by atoms with E-state index in [1.165, 1.54) is 6.92 Å². The molecular weight excluding hydrogens is 564 g/mol. The average Bonchev–Trinajstić information content (AvgIpc) is 2.83. The SMILES string of the molecule is CC(=O)NC1C(OCCSS(=O)(=O)c2ccc([N+](=O)[O-])cc2)OC(COC(C)=O)C(OC(C)=O)C1OC(C)=O. The van der Waals surface area contributed by atoms with E-state index < -0.39 is 74.9 Å². The number of carbonyl (C=O) groups excluding carboxylic acids is 4. The Morgan fingerprint density at radius 2 is 1.59 bits per heavy atom. The normalized spacial score (nSPS) is 22.8. The van der Waals surface area contributed by atoms with E-state index in [1.54, 1.807) is 0 Å². The van der Waals surface area contributed by atoms with Crippen LogP contribution in [0.4, 0.5) is 5.69 Å². The van der Waals surface area contributed by atoms with Crippen LogP contribution in [0.3, 0.4) is 0 Å². The number of nitrogens with zero attached hydrogens (tertiary/aromatic N) is 1. The second-order valence-corrected chi connectivity index (χ2v) is 12.2. The molecule has 0 aliphatic carbocycles. The van der Waals surface area contributed by atoms with Crippen LogP contribution in [0.1, 0.15) is 27.7 Å². The molecule has 216 valence electrons. The summed E-state index contributed by atoms with van der Waals surface area (Å²) in [6.45, 7) is 3.86. The third kappa shape index (κ3) is 9.76. The van der Waals surface area contributed by atoms with E-state index in [-0.39, 0.29) is 22.9 Å². The highest BCUT2D eigenvalue weighted by Crippen LogP contribution is 2.29. The summed E-state index contributed by atoms with van der Waals surface area (Å²) in [5, 5.41) is 13.3. The number of non-ortho nitro benzene ring substituents is 1. The highest BCUT2D eigenvalue weighted by molar-refractivity contribution is 8.72. The van der Waals surface area contributed by atoms with Gasteiger partial charge in [0.25, 0.3) is 5.69 Å². The fraction of sp³-hybridized carbons (Fsp3) is 0.545. The monoisotopic (exact) mass is 592 g/mol. The van der Waals surface area contributed by atoms with Crippen molar-refractivity contribution < 1.29 is 56.2 Å². The number of nitrogens with one attached hydrogen (secondary N) is 1. The molecule has 17 heteroatoms. The van der Waals surface area contributed by atoms with Crippen molar-refractivity contribution in [3.8, 4) is 0 Å². The summed E-state index contributed by atoms with van der Waals surface area (Å²) in [6, 6.07) is 3.15. The number of hydrogen-bond donors (Lipinski definition) is 1. The maximum atomic E-state index is 12.6. The second-order valence-electron chi connectivity index (χ2n) is 8.12. The number of rotatable bonds is 12. The molecule has 0 saturated carbocycles. The van der Waals surface area contributed by atoms with E-state index in [4.69, 9.17) is 23.7 Å². The Balaban J connectivity index is 2.21. The van der Waals surface area contributed by atoms with E-state index in [1.807, 2.05) is 0 Å². The number of hydrogen-bond acceptors (Lipinski definition) is 14. The summed E-state index contributed by atoms with van der Waals surface area (Å²) >= 11 is 0. The molecule has 1 saturated heterocycles. The number of nitro groups is 1. The Labute approximate surface area is 227 Å². The maximum Gasteiger partial charge on any atom is 0.303 e. The molecule has 1 aromatic carbocycles. The fourth-order valence-corrected chi connectivity index (χ4v) is 6.14. The largest absolute Gasteiger partial charge is 0.463 e. The highest BCUT2D eigenvalue weighted by atomic mass is 33.1. The van der Waals surface area contributed by atoms with Gasteiger partial charge in [0.15, 0.2) is 18.5 Å². The van der Waals surface area contributed by atoms with Crippen molar-refractivity contribution in [2.45, 2.75) is 63.2 Å². The van der Waals surface area contributed by atoms with Crippen molar-refractivity contribution in [3.63, 3.8) is 0 Å². The van der Waals surface area contributed by atoms with Gasteiger partial charge in [-0.25, -0.2) is 8.42 Å². The van der Waals surface area contributed by atoms with Crippen molar-refractivity contribution in [1.82, 2.24) is 5.32 Å². The summed E-state index contributed by atoms with van der Waals surface area (Å²) in [4.78, 5) is 56.9. The van der Waals surface area contributed by atoms with Gasteiger partial charge in [0.1, 0.15) is 18.8 Å². The first-order valence-electron chi connectivity index (χ1n) is 11.4. The minimum atomic E-state index is -3.90. The molecule has 5 unspecified atom stereocenters. The molecule has 39 heavy (non-hydrogen) atoms. The molecular formula is C22H28N2O13S2. The van der Waals surface area contributed by atoms with Crippen LogP contribution in [0.5, 0.6) is 0 Å². The van der Waals surface area contributed by atoms with Gasteiger partial charge in [-0.05, 0) is 22.9 Å². The standard InChI is InChI=1S/C22H28N2O13S2/c1-12(25)23-19-21(36-15(4)28)20(35-14(3)27)18(11-34-13(2)26)37-22(19)33-9-10-38-39(31,32)17-7-5-16(6-8-17)24(29)30/h5-8,18-22H,9-11H2,1-4H3,(H,23,25). The third-order valence-corrected chi connectivity index (χ3v) is 8.51. The van der Waals surface area contributed by atoms with Crippen molar-refractivity contribution >= 4 is 49.2 Å². The lowest BCUT2D eigenvalue weighted by atomic mass is 9.96. The Bertz CT molecular complexity index is 1170. The van der Waals surface area contributed by atoms with Crippen LogP contribution < -0.4 is 5.32 Å². The zero-order valence-electron chi connectivity index (χ0n) is 21.4. The zero-order valence-corrected chi connectivity index (χ0v) is 23.0. The van der Waals surface area contributed by atoms with Gasteiger partial charge in [-0.15, -0.1) is 0 Å². The molecule has 0 radical (unpaired) electrons. The second kappa shape index (κ2) is 14.2. The van der Waals surface area contributed by atoms with Crippen LogP contribution in [-0.2, 0) is 51.7 Å². The molecule has 0 spiro atoms. The average molecular weight is 593 g/mol. The summed E-state index contributed by atoms with van der Waals surface area (Å²) in [5.41, 5.74) is -0.265. The molecule has 15 nitrogen and oxygen atoms in total. The lowest BCUT2D eigenvalue weighted by molar-refractivity contribution is -0.384. The Hall–Kier alpha value is -3.28. The van der Waals surface area contributed by atoms with Gasteiger partial charge < -0.3 is 29.0 Å². The quantitative estimate of drug-likeness (QED) is 0.0886. The molecule has 0 aromatic heterocycles. The minimum Gasteiger partial charge on any atom is -0.463 e. The van der Waals surface area contributed by atoms with Crippen LogP contribution in [0.15, 0.2) is 29.2 Å². The number of amides is 1. The first-order chi connectivity index (χ1) is 18.2. The molecule has 1 aliphatic rings. The fourth-order valence-electron chi connectivity index (χ4n) is 3.54. The molecule has 0 bridgehead atoms. The van der Waals surface area contributed by atoms with Crippen molar-refractivity contribution in [3.05, 3.63) is 34.4 Å². The van der Waals surface area contributed by atoms with E-state index in [2.05, 4.69) is 5.32 Å². The van der Waals surface area contributed by atoms with Gasteiger partial charge in [-0.2, -0.15) is 0 Å². The Morgan fingerprint density at radius 1 is 1.00 bits per heavy atom. The van der Waals surface area contributed by atoms with Crippen molar-refractivity contribution in [2.75, 3.05) is 19.0 Å². The summed E-state index contributed by atoms with van der Waals surface area (Å²) < 4.78 is 52.3. The number of carbonyl (C=O) groups is 4. The van der Waals surface area contributed by atoms with Crippen molar-refractivity contribution in [2.24, 2.45) is 0 Å². The molecule has 1 heterocycles. The third-order valence-electron chi connectivity index (χ3n) is 5.01. The summed E-state index contributed by atoms with van der Waals surface area (Å²) in [6.07, 6.45) is -5.12. The van der Waals surface area contributed by atoms with Gasteiger partial charge in [0.2, 0.25) is 14.8 Å². The minimum absolute atomic E-state index is 0.133. The predicted octanol–water partition coefficient (Wildman–Crippen LogP) is 0.689. The number of benzene rings is 1. The Kier molecular flexibility index (Phi) is 11.6. The Morgan fingerprint density at radius 3 is 2.10 bits per heavy atom. The van der Waals surface area contributed by atoms with Crippen molar-refractivity contribution in [1.29, 1.82) is 0 Å². The first kappa shape index (κ1) is 31.9. The van der Waals surface area contributed by atoms with Crippen LogP contribution in [0.25, 0.3) is 0 Å². The number of ether oxygens (including phenoxy) is 5. The number of nitro benzene ring substituents is 1. The van der Waals surface area contributed by atoms with Gasteiger partial charge in [0, 0.05) is 45.6 Å². The maximum absolute atomic E-state index is 12.6.